The van der Waals surface area contributed by atoms with E-state index < -0.39 is 11.8 Å². The Morgan fingerprint density at radius 3 is 2.83 bits per heavy atom. The predicted octanol–water partition coefficient (Wildman–Crippen LogP) is 4.09. The zero-order valence-corrected chi connectivity index (χ0v) is 16.9. The Morgan fingerprint density at radius 1 is 1.23 bits per heavy atom. The van der Waals surface area contributed by atoms with E-state index >= 15 is 0 Å². The molecule has 1 aromatic carbocycles. The Morgan fingerprint density at radius 2 is 2.03 bits per heavy atom. The molecule has 4 rings (SSSR count). The van der Waals surface area contributed by atoms with Crippen LogP contribution in [0.3, 0.4) is 0 Å². The third kappa shape index (κ3) is 4.02. The largest absolute Gasteiger partial charge is 0.356 e. The van der Waals surface area contributed by atoms with Crippen molar-refractivity contribution in [3.8, 4) is 0 Å². The van der Waals surface area contributed by atoms with Gasteiger partial charge in [0.25, 0.3) is 11.5 Å². The van der Waals surface area contributed by atoms with E-state index in [1.807, 2.05) is 0 Å². The second-order valence-electron chi connectivity index (χ2n) is 7.42. The lowest BCUT2D eigenvalue weighted by molar-refractivity contribution is -0.0102. The fourth-order valence-electron chi connectivity index (χ4n) is 3.56. The number of aryl methyl sites for hydroxylation is 1. The summed E-state index contributed by atoms with van der Waals surface area (Å²) in [6.07, 6.45) is -0.197. The van der Waals surface area contributed by atoms with E-state index in [9.17, 15) is 18.4 Å². The van der Waals surface area contributed by atoms with Crippen molar-refractivity contribution < 1.29 is 13.6 Å². The average Bonchev–Trinajstić information content (AvgIpc) is 2.96. The number of alkyl halides is 2. The Hall–Kier alpha value is -2.94. The number of pyridine rings is 1. The minimum absolute atomic E-state index is 0.0893. The van der Waals surface area contributed by atoms with E-state index in [1.165, 1.54) is 6.07 Å². The zero-order chi connectivity index (χ0) is 21.5. The van der Waals surface area contributed by atoms with Gasteiger partial charge in [0.05, 0.1) is 27.2 Å². The molecule has 2 aromatic heterocycles. The molecular weight excluding hydrogens is 416 g/mol. The van der Waals surface area contributed by atoms with Gasteiger partial charge < -0.3 is 10.2 Å². The number of aromatic amines is 2. The highest BCUT2D eigenvalue weighted by atomic mass is 35.5. The summed E-state index contributed by atoms with van der Waals surface area (Å²) in [5.74, 6) is -2.88. The first-order chi connectivity index (χ1) is 14.2. The molecule has 7 nitrogen and oxygen atoms in total. The molecule has 10 heteroatoms. The van der Waals surface area contributed by atoms with Gasteiger partial charge in [-0.15, -0.1) is 0 Å². The summed E-state index contributed by atoms with van der Waals surface area (Å²) < 4.78 is 27.6. The quantitative estimate of drug-likeness (QED) is 0.577. The van der Waals surface area contributed by atoms with E-state index in [1.54, 1.807) is 30.0 Å². The molecule has 0 aliphatic carbocycles. The lowest BCUT2D eigenvalue weighted by atomic mass is 10.1. The third-order valence-corrected chi connectivity index (χ3v) is 5.61. The Kier molecular flexibility index (Phi) is 5.23. The second-order valence-corrected chi connectivity index (χ2v) is 7.82. The van der Waals surface area contributed by atoms with Crippen LogP contribution in [0.4, 0.5) is 20.3 Å². The van der Waals surface area contributed by atoms with Crippen LogP contribution in [0.5, 0.6) is 0 Å². The molecular formula is C20H20ClF2N5O2. The first-order valence-corrected chi connectivity index (χ1v) is 9.93. The van der Waals surface area contributed by atoms with E-state index in [-0.39, 0.29) is 30.5 Å². The van der Waals surface area contributed by atoms with Gasteiger partial charge in [0, 0.05) is 31.6 Å². The van der Waals surface area contributed by atoms with E-state index in [0.717, 1.165) is 0 Å². The zero-order valence-electron chi connectivity index (χ0n) is 16.2. The van der Waals surface area contributed by atoms with Crippen molar-refractivity contribution in [1.29, 1.82) is 0 Å². The number of halogens is 3. The average molecular weight is 436 g/mol. The van der Waals surface area contributed by atoms with Crippen molar-refractivity contribution in [1.82, 2.24) is 15.2 Å². The summed E-state index contributed by atoms with van der Waals surface area (Å²) in [6, 6.07) is 6.37. The van der Waals surface area contributed by atoms with Gasteiger partial charge in [-0.1, -0.05) is 11.6 Å². The normalized spacial score (nSPS) is 16.5. The topological polar surface area (TPSA) is 93.9 Å². The molecule has 0 radical (unpaired) electrons. The highest BCUT2D eigenvalue weighted by Gasteiger charge is 2.33. The number of hydrogen-bond donors (Lipinski definition) is 3. The molecule has 0 saturated carbocycles. The van der Waals surface area contributed by atoms with Crippen LogP contribution in [-0.4, -0.2) is 40.1 Å². The van der Waals surface area contributed by atoms with E-state index in [0.29, 0.717) is 46.1 Å². The van der Waals surface area contributed by atoms with Crippen molar-refractivity contribution in [3.63, 3.8) is 0 Å². The van der Waals surface area contributed by atoms with Crippen molar-refractivity contribution in [2.75, 3.05) is 23.3 Å². The molecule has 1 fully saturated rings. The van der Waals surface area contributed by atoms with Crippen molar-refractivity contribution in [2.45, 2.75) is 32.1 Å². The Bertz CT molecular complexity index is 1170. The van der Waals surface area contributed by atoms with Gasteiger partial charge in [-0.3, -0.25) is 19.8 Å². The molecule has 0 atom stereocenters. The van der Waals surface area contributed by atoms with Crippen LogP contribution in [0, 0.1) is 6.92 Å². The number of fused-ring (bicyclic) bond motifs is 1. The summed E-state index contributed by atoms with van der Waals surface area (Å²) in [7, 11) is 0. The van der Waals surface area contributed by atoms with E-state index in [2.05, 4.69) is 20.5 Å². The van der Waals surface area contributed by atoms with Crippen molar-refractivity contribution >= 4 is 39.9 Å². The monoisotopic (exact) mass is 435 g/mol. The van der Waals surface area contributed by atoms with Crippen LogP contribution in [0.25, 0.3) is 10.9 Å². The number of H-pyrrole nitrogens is 2. The second kappa shape index (κ2) is 7.71. The predicted molar refractivity (Wildman–Crippen MR) is 112 cm³/mol. The Balaban J connectivity index is 1.66. The van der Waals surface area contributed by atoms with Gasteiger partial charge in [0.15, 0.2) is 0 Å². The molecule has 1 saturated heterocycles. The highest BCUT2D eigenvalue weighted by molar-refractivity contribution is 6.31. The number of aromatic nitrogens is 3. The number of carbonyl (C=O) groups is 1. The molecule has 0 unspecified atom stereocenters. The number of carbonyl (C=O) groups excluding carboxylic acids is 1. The summed E-state index contributed by atoms with van der Waals surface area (Å²) in [5, 5.41) is 8.67. The van der Waals surface area contributed by atoms with Crippen molar-refractivity contribution in [3.05, 3.63) is 50.9 Å². The number of rotatable bonds is 3. The number of nitrogens with one attached hydrogen (secondary N) is 3. The van der Waals surface area contributed by atoms with Gasteiger partial charge in [-0.05, 0) is 37.6 Å². The van der Waals surface area contributed by atoms with Gasteiger partial charge in [-0.2, -0.15) is 0 Å². The maximum Gasteiger partial charge on any atom is 0.271 e. The summed E-state index contributed by atoms with van der Waals surface area (Å²) >= 11 is 6.20. The summed E-state index contributed by atoms with van der Waals surface area (Å²) in [6.45, 7) is 2.16. The third-order valence-electron chi connectivity index (χ3n) is 5.23. The molecule has 0 bridgehead atoms. The van der Waals surface area contributed by atoms with Crippen LogP contribution in [0.2, 0.25) is 5.02 Å². The molecule has 3 aromatic rings. The van der Waals surface area contributed by atoms with E-state index in [4.69, 9.17) is 11.6 Å². The minimum Gasteiger partial charge on any atom is -0.356 e. The number of anilines is 2. The number of hydrogen-bond acceptors (Lipinski definition) is 4. The Labute approximate surface area is 175 Å². The highest BCUT2D eigenvalue weighted by Crippen LogP contribution is 2.32. The fourth-order valence-corrected chi connectivity index (χ4v) is 3.71. The molecule has 30 heavy (non-hydrogen) atoms. The molecule has 0 spiro atoms. The smallest absolute Gasteiger partial charge is 0.271 e. The summed E-state index contributed by atoms with van der Waals surface area (Å²) in [4.78, 5) is 31.0. The molecule has 1 aliphatic heterocycles. The van der Waals surface area contributed by atoms with Gasteiger partial charge >= 0.3 is 0 Å². The first-order valence-electron chi connectivity index (χ1n) is 9.55. The molecule has 158 valence electrons. The van der Waals surface area contributed by atoms with Gasteiger partial charge in [0.2, 0.25) is 5.92 Å². The lowest BCUT2D eigenvalue weighted by Crippen LogP contribution is -2.29. The first kappa shape index (κ1) is 20.3. The maximum absolute atomic E-state index is 13.8. The molecule has 1 amide bonds. The molecule has 3 heterocycles. The van der Waals surface area contributed by atoms with Crippen LogP contribution in [0.15, 0.2) is 29.1 Å². The van der Waals surface area contributed by atoms with Gasteiger partial charge in [0.1, 0.15) is 5.82 Å². The van der Waals surface area contributed by atoms with Crippen LogP contribution < -0.4 is 15.8 Å². The molecule has 1 aliphatic rings. The SMILES string of the molecule is Cc1nc(N2CCCC(F)(F)CC2)c(C(=O)Nc2ccc3[nH][nH]c(=O)c3c2)cc1Cl. The lowest BCUT2D eigenvalue weighted by Gasteiger charge is -2.24. The summed E-state index contributed by atoms with van der Waals surface area (Å²) in [5.41, 5.74) is 1.44. The standard InChI is InChI=1S/C20H20ClF2N5O2/c1-11-15(21)10-14(17(24-11)28-7-2-5-20(22,23)6-8-28)18(29)25-12-3-4-16-13(9-12)19(30)27-26-16/h3-4,9-10H,2,5-8H2,1H3,(H,25,29)(H2,26,27,30). The van der Waals surface area contributed by atoms with Crippen LogP contribution >= 0.6 is 11.6 Å². The molecule has 3 N–H and O–H groups in total. The van der Waals surface area contributed by atoms with Gasteiger partial charge in [-0.25, -0.2) is 13.8 Å². The number of benzene rings is 1. The van der Waals surface area contributed by atoms with Crippen LogP contribution in [-0.2, 0) is 0 Å². The number of nitrogens with zero attached hydrogens (tertiary/aromatic N) is 2. The van der Waals surface area contributed by atoms with Crippen molar-refractivity contribution in [2.24, 2.45) is 0 Å². The number of amides is 1. The maximum atomic E-state index is 13.8. The van der Waals surface area contributed by atoms with Crippen LogP contribution in [0.1, 0.15) is 35.3 Å². The fraction of sp³-hybridized carbons (Fsp3) is 0.350. The minimum atomic E-state index is -2.72.